The van der Waals surface area contributed by atoms with Gasteiger partial charge in [-0.25, -0.2) is 0 Å². The van der Waals surface area contributed by atoms with E-state index >= 15 is 0 Å². The van der Waals surface area contributed by atoms with Crippen LogP contribution in [0.4, 0.5) is 5.82 Å². The molecule has 1 aromatic rings. The summed E-state index contributed by atoms with van der Waals surface area (Å²) >= 11 is 0. The van der Waals surface area contributed by atoms with E-state index in [1.165, 1.54) is 0 Å². The molecule has 0 aliphatic carbocycles. The number of anilines is 1. The van der Waals surface area contributed by atoms with Gasteiger partial charge >= 0.3 is 0 Å². The van der Waals surface area contributed by atoms with Gasteiger partial charge in [-0.05, 0) is 26.0 Å². The second kappa shape index (κ2) is 3.31. The Hall–Kier alpha value is -1.43. The van der Waals surface area contributed by atoms with Crippen LogP contribution >= 0.6 is 0 Å². The Labute approximate surface area is 72.4 Å². The van der Waals surface area contributed by atoms with E-state index in [2.05, 4.69) is 16.4 Å². The molecule has 0 fully saturated rings. The van der Waals surface area contributed by atoms with Crippen LogP contribution in [0.5, 0.6) is 0 Å². The zero-order valence-corrected chi connectivity index (χ0v) is 7.39. The lowest BCUT2D eigenvalue weighted by Gasteiger charge is -2.15. The summed E-state index contributed by atoms with van der Waals surface area (Å²) in [6.07, 6.45) is 1.85. The van der Waals surface area contributed by atoms with Gasteiger partial charge in [-0.1, -0.05) is 0 Å². The van der Waals surface area contributed by atoms with Crippen molar-refractivity contribution in [1.29, 1.82) is 5.26 Å². The highest BCUT2D eigenvalue weighted by Crippen LogP contribution is 2.13. The van der Waals surface area contributed by atoms with Crippen molar-refractivity contribution in [2.24, 2.45) is 5.41 Å². The summed E-state index contributed by atoms with van der Waals surface area (Å²) in [4.78, 5) is 3.01. The van der Waals surface area contributed by atoms with E-state index in [1.54, 1.807) is 0 Å². The third-order valence-electron chi connectivity index (χ3n) is 1.62. The average Bonchev–Trinajstić information content (AvgIpc) is 2.53. The van der Waals surface area contributed by atoms with Crippen LogP contribution in [0.3, 0.4) is 0 Å². The molecule has 0 unspecified atom stereocenters. The molecule has 0 saturated carbocycles. The summed E-state index contributed by atoms with van der Waals surface area (Å²) in [5.74, 6) is 0.957. The van der Waals surface area contributed by atoms with Crippen molar-refractivity contribution < 1.29 is 0 Å². The summed E-state index contributed by atoms with van der Waals surface area (Å²) in [7, 11) is 0. The van der Waals surface area contributed by atoms with Crippen molar-refractivity contribution in [3.05, 3.63) is 18.3 Å². The first-order valence-corrected chi connectivity index (χ1v) is 3.92. The monoisotopic (exact) mass is 163 g/mol. The third-order valence-corrected chi connectivity index (χ3v) is 1.62. The van der Waals surface area contributed by atoms with Crippen LogP contribution in [0.15, 0.2) is 18.3 Å². The molecule has 3 heteroatoms. The SMILES string of the molecule is CC(C)(C#N)CNc1ccc[nH]1. The van der Waals surface area contributed by atoms with E-state index < -0.39 is 0 Å². The molecular formula is C9H13N3. The highest BCUT2D eigenvalue weighted by molar-refractivity contribution is 5.34. The van der Waals surface area contributed by atoms with E-state index in [0.717, 1.165) is 5.82 Å². The molecule has 0 saturated heterocycles. The quantitative estimate of drug-likeness (QED) is 0.715. The number of aromatic amines is 1. The molecule has 1 heterocycles. The lowest BCUT2D eigenvalue weighted by Crippen LogP contribution is -2.20. The second-order valence-corrected chi connectivity index (χ2v) is 3.43. The van der Waals surface area contributed by atoms with E-state index in [0.29, 0.717) is 6.54 Å². The molecule has 3 nitrogen and oxygen atoms in total. The highest BCUT2D eigenvalue weighted by Gasteiger charge is 2.15. The molecule has 2 N–H and O–H groups in total. The van der Waals surface area contributed by atoms with Crippen molar-refractivity contribution in [2.45, 2.75) is 13.8 Å². The minimum atomic E-state index is -0.314. The van der Waals surface area contributed by atoms with Gasteiger partial charge in [-0.2, -0.15) is 5.26 Å². The van der Waals surface area contributed by atoms with Gasteiger partial charge in [0.05, 0.1) is 11.5 Å². The number of aromatic nitrogens is 1. The van der Waals surface area contributed by atoms with Gasteiger partial charge in [0, 0.05) is 12.7 Å². The number of rotatable bonds is 3. The first-order chi connectivity index (χ1) is 5.64. The van der Waals surface area contributed by atoms with Gasteiger partial charge < -0.3 is 10.3 Å². The standard InChI is InChI=1S/C9H13N3/c1-9(2,6-10)7-12-8-4-3-5-11-8/h3-5,11-12H,7H2,1-2H3. The molecule has 0 aliphatic rings. The summed E-state index contributed by atoms with van der Waals surface area (Å²) in [5, 5.41) is 11.9. The van der Waals surface area contributed by atoms with E-state index in [-0.39, 0.29) is 5.41 Å². The summed E-state index contributed by atoms with van der Waals surface area (Å²) in [6, 6.07) is 6.08. The van der Waals surface area contributed by atoms with Crippen LogP contribution in [0.2, 0.25) is 0 Å². The molecule has 64 valence electrons. The van der Waals surface area contributed by atoms with Crippen LogP contribution < -0.4 is 5.32 Å². The predicted molar refractivity (Wildman–Crippen MR) is 48.7 cm³/mol. The Morgan fingerprint density at radius 1 is 1.67 bits per heavy atom. The normalized spacial score (nSPS) is 10.8. The number of nitriles is 1. The van der Waals surface area contributed by atoms with Crippen molar-refractivity contribution in [2.75, 3.05) is 11.9 Å². The zero-order valence-electron chi connectivity index (χ0n) is 7.39. The number of H-pyrrole nitrogens is 1. The Bertz CT molecular complexity index is 266. The van der Waals surface area contributed by atoms with Crippen molar-refractivity contribution in [3.8, 4) is 6.07 Å². The number of hydrogen-bond acceptors (Lipinski definition) is 2. The van der Waals surface area contributed by atoms with Gasteiger partial charge in [0.1, 0.15) is 5.82 Å². The Balaban J connectivity index is 2.42. The van der Waals surface area contributed by atoms with E-state index in [1.807, 2.05) is 32.2 Å². The molecule has 0 aliphatic heterocycles. The lowest BCUT2D eigenvalue weighted by atomic mass is 9.96. The summed E-state index contributed by atoms with van der Waals surface area (Å²) < 4.78 is 0. The van der Waals surface area contributed by atoms with E-state index in [4.69, 9.17) is 5.26 Å². The number of nitrogens with zero attached hydrogens (tertiary/aromatic N) is 1. The summed E-state index contributed by atoms with van der Waals surface area (Å²) in [6.45, 7) is 4.47. The molecule has 0 atom stereocenters. The van der Waals surface area contributed by atoms with Crippen molar-refractivity contribution in [3.63, 3.8) is 0 Å². The fourth-order valence-electron chi connectivity index (χ4n) is 0.796. The van der Waals surface area contributed by atoms with Gasteiger partial charge in [0.25, 0.3) is 0 Å². The fraction of sp³-hybridized carbons (Fsp3) is 0.444. The van der Waals surface area contributed by atoms with Crippen LogP contribution in [-0.4, -0.2) is 11.5 Å². The van der Waals surface area contributed by atoms with Crippen molar-refractivity contribution in [1.82, 2.24) is 4.98 Å². The maximum absolute atomic E-state index is 8.72. The van der Waals surface area contributed by atoms with Gasteiger partial charge in [0.15, 0.2) is 0 Å². The third kappa shape index (κ3) is 2.31. The minimum Gasteiger partial charge on any atom is -0.370 e. The largest absolute Gasteiger partial charge is 0.370 e. The molecule has 0 bridgehead atoms. The molecule has 0 aromatic carbocycles. The Morgan fingerprint density at radius 2 is 2.42 bits per heavy atom. The summed E-state index contributed by atoms with van der Waals surface area (Å²) in [5.41, 5.74) is -0.314. The average molecular weight is 163 g/mol. The first kappa shape index (κ1) is 8.66. The molecule has 0 spiro atoms. The Kier molecular flexibility index (Phi) is 2.39. The first-order valence-electron chi connectivity index (χ1n) is 3.92. The maximum atomic E-state index is 8.72. The number of hydrogen-bond donors (Lipinski definition) is 2. The van der Waals surface area contributed by atoms with Crippen LogP contribution in [0, 0.1) is 16.7 Å². The van der Waals surface area contributed by atoms with Gasteiger partial charge in [-0.3, -0.25) is 0 Å². The smallest absolute Gasteiger partial charge is 0.103 e. The molecule has 1 aromatic heterocycles. The van der Waals surface area contributed by atoms with Gasteiger partial charge in [0.2, 0.25) is 0 Å². The molecule has 0 radical (unpaired) electrons. The second-order valence-electron chi connectivity index (χ2n) is 3.43. The fourth-order valence-corrected chi connectivity index (χ4v) is 0.796. The van der Waals surface area contributed by atoms with E-state index in [9.17, 15) is 0 Å². The molecular weight excluding hydrogens is 150 g/mol. The highest BCUT2D eigenvalue weighted by atomic mass is 15.0. The minimum absolute atomic E-state index is 0.314. The molecule has 0 amide bonds. The number of nitrogens with one attached hydrogen (secondary N) is 2. The Morgan fingerprint density at radius 3 is 2.92 bits per heavy atom. The van der Waals surface area contributed by atoms with Crippen LogP contribution in [0.1, 0.15) is 13.8 Å². The van der Waals surface area contributed by atoms with Crippen LogP contribution in [-0.2, 0) is 0 Å². The molecule has 12 heavy (non-hydrogen) atoms. The lowest BCUT2D eigenvalue weighted by molar-refractivity contribution is 0.528. The predicted octanol–water partition coefficient (Wildman–Crippen LogP) is 1.98. The topological polar surface area (TPSA) is 51.6 Å². The maximum Gasteiger partial charge on any atom is 0.103 e. The van der Waals surface area contributed by atoms with Crippen molar-refractivity contribution >= 4 is 5.82 Å². The molecule has 1 rings (SSSR count). The van der Waals surface area contributed by atoms with Gasteiger partial charge in [-0.15, -0.1) is 0 Å². The van der Waals surface area contributed by atoms with Crippen LogP contribution in [0.25, 0.3) is 0 Å². The zero-order chi connectivity index (χ0) is 9.03.